The SMILES string of the molecule is Cc1cc(-c2cc(=O)n(C)cn2)cc(C)c1N. The van der Waals surface area contributed by atoms with Crippen molar-refractivity contribution in [3.05, 3.63) is 46.0 Å². The molecular formula is C13H15N3O. The lowest BCUT2D eigenvalue weighted by atomic mass is 10.0. The Balaban J connectivity index is 2.61. The van der Waals surface area contributed by atoms with Crippen LogP contribution in [0.25, 0.3) is 11.3 Å². The molecule has 1 aromatic carbocycles. The predicted octanol–water partition coefficient (Wildman–Crippen LogP) is 1.65. The topological polar surface area (TPSA) is 60.9 Å². The third kappa shape index (κ3) is 2.06. The summed E-state index contributed by atoms with van der Waals surface area (Å²) in [5.74, 6) is 0. The van der Waals surface area contributed by atoms with E-state index in [1.54, 1.807) is 7.05 Å². The Morgan fingerprint density at radius 2 is 1.76 bits per heavy atom. The van der Waals surface area contributed by atoms with Crippen LogP contribution in [0.4, 0.5) is 5.69 Å². The van der Waals surface area contributed by atoms with Crippen LogP contribution in [-0.4, -0.2) is 9.55 Å². The van der Waals surface area contributed by atoms with E-state index in [-0.39, 0.29) is 5.56 Å². The van der Waals surface area contributed by atoms with Gasteiger partial charge in [-0.1, -0.05) is 0 Å². The smallest absolute Gasteiger partial charge is 0.253 e. The van der Waals surface area contributed by atoms with Gasteiger partial charge in [-0.3, -0.25) is 4.79 Å². The first-order valence-corrected chi connectivity index (χ1v) is 5.39. The van der Waals surface area contributed by atoms with E-state index in [0.717, 1.165) is 22.4 Å². The second kappa shape index (κ2) is 4.05. The molecule has 4 nitrogen and oxygen atoms in total. The molecule has 0 bridgehead atoms. The highest BCUT2D eigenvalue weighted by atomic mass is 16.1. The fourth-order valence-electron chi connectivity index (χ4n) is 1.74. The van der Waals surface area contributed by atoms with Crippen LogP contribution in [0.2, 0.25) is 0 Å². The van der Waals surface area contributed by atoms with Gasteiger partial charge in [0.15, 0.2) is 0 Å². The summed E-state index contributed by atoms with van der Waals surface area (Å²) >= 11 is 0. The van der Waals surface area contributed by atoms with Gasteiger partial charge in [-0.15, -0.1) is 0 Å². The molecule has 0 amide bonds. The lowest BCUT2D eigenvalue weighted by molar-refractivity contribution is 0.826. The van der Waals surface area contributed by atoms with Gasteiger partial charge in [0.05, 0.1) is 12.0 Å². The summed E-state index contributed by atoms with van der Waals surface area (Å²) < 4.78 is 1.44. The molecule has 0 aliphatic heterocycles. The molecule has 0 spiro atoms. The van der Waals surface area contributed by atoms with Gasteiger partial charge in [-0.05, 0) is 37.1 Å². The molecule has 2 aromatic rings. The van der Waals surface area contributed by atoms with Crippen LogP contribution in [0.3, 0.4) is 0 Å². The van der Waals surface area contributed by atoms with Crippen LogP contribution in [0, 0.1) is 13.8 Å². The Bertz CT molecular complexity index is 606. The number of aryl methyl sites for hydroxylation is 3. The number of hydrogen-bond donors (Lipinski definition) is 1. The van der Waals surface area contributed by atoms with Gasteiger partial charge in [0.25, 0.3) is 5.56 Å². The van der Waals surface area contributed by atoms with Crippen molar-refractivity contribution in [2.24, 2.45) is 7.05 Å². The van der Waals surface area contributed by atoms with E-state index in [1.165, 1.54) is 17.0 Å². The highest BCUT2D eigenvalue weighted by molar-refractivity contribution is 5.67. The standard InChI is InChI=1S/C13H15N3O/c1-8-4-10(5-9(2)13(8)14)11-6-12(17)16(3)7-15-11/h4-7H,14H2,1-3H3. The third-order valence-electron chi connectivity index (χ3n) is 2.87. The van der Waals surface area contributed by atoms with E-state index in [1.807, 2.05) is 26.0 Å². The van der Waals surface area contributed by atoms with E-state index in [2.05, 4.69) is 4.98 Å². The van der Waals surface area contributed by atoms with Crippen molar-refractivity contribution >= 4 is 5.69 Å². The van der Waals surface area contributed by atoms with Crippen molar-refractivity contribution in [1.82, 2.24) is 9.55 Å². The largest absolute Gasteiger partial charge is 0.398 e. The van der Waals surface area contributed by atoms with Gasteiger partial charge >= 0.3 is 0 Å². The minimum Gasteiger partial charge on any atom is -0.398 e. The molecule has 1 aromatic heterocycles. The van der Waals surface area contributed by atoms with E-state index < -0.39 is 0 Å². The number of anilines is 1. The number of rotatable bonds is 1. The highest BCUT2D eigenvalue weighted by Crippen LogP contribution is 2.24. The summed E-state index contributed by atoms with van der Waals surface area (Å²) in [6.45, 7) is 3.90. The lowest BCUT2D eigenvalue weighted by Crippen LogP contribution is -2.15. The molecule has 0 radical (unpaired) electrons. The van der Waals surface area contributed by atoms with Gasteiger partial charge in [0.1, 0.15) is 0 Å². The molecule has 0 aliphatic carbocycles. The zero-order valence-electron chi connectivity index (χ0n) is 10.2. The van der Waals surface area contributed by atoms with Crippen LogP contribution in [0.5, 0.6) is 0 Å². The first-order valence-electron chi connectivity index (χ1n) is 5.39. The quantitative estimate of drug-likeness (QED) is 0.756. The van der Waals surface area contributed by atoms with Gasteiger partial charge in [0, 0.05) is 24.4 Å². The molecule has 0 saturated carbocycles. The molecular weight excluding hydrogens is 214 g/mol. The minimum atomic E-state index is -0.0675. The zero-order chi connectivity index (χ0) is 12.6. The van der Waals surface area contributed by atoms with Crippen LogP contribution in [0.15, 0.2) is 29.3 Å². The second-order valence-corrected chi connectivity index (χ2v) is 4.25. The lowest BCUT2D eigenvalue weighted by Gasteiger charge is -2.08. The van der Waals surface area contributed by atoms with Crippen molar-refractivity contribution in [2.45, 2.75) is 13.8 Å². The van der Waals surface area contributed by atoms with E-state index in [0.29, 0.717) is 5.69 Å². The highest BCUT2D eigenvalue weighted by Gasteiger charge is 2.06. The number of nitrogens with zero attached hydrogens (tertiary/aromatic N) is 2. The summed E-state index contributed by atoms with van der Waals surface area (Å²) in [5, 5.41) is 0. The van der Waals surface area contributed by atoms with E-state index >= 15 is 0 Å². The Kier molecular flexibility index (Phi) is 2.71. The first kappa shape index (κ1) is 11.4. The van der Waals surface area contributed by atoms with Gasteiger partial charge in [0.2, 0.25) is 0 Å². The van der Waals surface area contributed by atoms with Crippen molar-refractivity contribution < 1.29 is 0 Å². The summed E-state index contributed by atoms with van der Waals surface area (Å²) in [5.41, 5.74) is 10.2. The minimum absolute atomic E-state index is 0.0675. The summed E-state index contributed by atoms with van der Waals surface area (Å²) in [4.78, 5) is 15.8. The Labute approximate surface area is 99.7 Å². The predicted molar refractivity (Wildman–Crippen MR) is 68.8 cm³/mol. The average molecular weight is 229 g/mol. The molecule has 0 unspecified atom stereocenters. The molecule has 4 heteroatoms. The molecule has 0 aliphatic rings. The summed E-state index contributed by atoms with van der Waals surface area (Å²) in [6, 6.07) is 5.43. The maximum absolute atomic E-state index is 11.5. The number of hydrogen-bond acceptors (Lipinski definition) is 3. The first-order chi connectivity index (χ1) is 7.99. The van der Waals surface area contributed by atoms with Crippen LogP contribution in [-0.2, 0) is 7.05 Å². The molecule has 17 heavy (non-hydrogen) atoms. The second-order valence-electron chi connectivity index (χ2n) is 4.25. The Hall–Kier alpha value is -2.10. The van der Waals surface area contributed by atoms with E-state index in [4.69, 9.17) is 5.73 Å². The fourth-order valence-corrected chi connectivity index (χ4v) is 1.74. The molecule has 88 valence electrons. The van der Waals surface area contributed by atoms with E-state index in [9.17, 15) is 4.79 Å². The van der Waals surface area contributed by atoms with Crippen LogP contribution >= 0.6 is 0 Å². The van der Waals surface area contributed by atoms with Crippen molar-refractivity contribution in [3.63, 3.8) is 0 Å². The molecule has 1 heterocycles. The maximum Gasteiger partial charge on any atom is 0.253 e. The molecule has 0 atom stereocenters. The Morgan fingerprint density at radius 3 is 2.29 bits per heavy atom. The average Bonchev–Trinajstić information content (AvgIpc) is 2.29. The number of nitrogens with two attached hydrogens (primary N) is 1. The van der Waals surface area contributed by atoms with Crippen LogP contribution in [0.1, 0.15) is 11.1 Å². The van der Waals surface area contributed by atoms with Gasteiger partial charge in [-0.2, -0.15) is 0 Å². The third-order valence-corrected chi connectivity index (χ3v) is 2.87. The number of benzene rings is 1. The Morgan fingerprint density at radius 1 is 1.18 bits per heavy atom. The summed E-state index contributed by atoms with van der Waals surface area (Å²) in [6.07, 6.45) is 1.53. The van der Waals surface area contributed by atoms with Crippen molar-refractivity contribution in [2.75, 3.05) is 5.73 Å². The molecule has 0 saturated heterocycles. The number of aromatic nitrogens is 2. The van der Waals surface area contributed by atoms with Crippen LogP contribution < -0.4 is 11.3 Å². The fraction of sp³-hybridized carbons (Fsp3) is 0.231. The van der Waals surface area contributed by atoms with Gasteiger partial charge in [-0.25, -0.2) is 4.98 Å². The number of nitrogen functional groups attached to an aromatic ring is 1. The normalized spacial score (nSPS) is 10.5. The summed E-state index contributed by atoms with van der Waals surface area (Å²) in [7, 11) is 1.68. The van der Waals surface area contributed by atoms with Crippen molar-refractivity contribution in [1.29, 1.82) is 0 Å². The van der Waals surface area contributed by atoms with Gasteiger partial charge < -0.3 is 10.3 Å². The molecule has 2 N–H and O–H groups in total. The molecule has 2 rings (SSSR count). The van der Waals surface area contributed by atoms with Crippen molar-refractivity contribution in [3.8, 4) is 11.3 Å². The monoisotopic (exact) mass is 229 g/mol. The molecule has 0 fully saturated rings. The maximum atomic E-state index is 11.5. The zero-order valence-corrected chi connectivity index (χ0v) is 10.2.